The summed E-state index contributed by atoms with van der Waals surface area (Å²) in [6.07, 6.45) is 9.07. The van der Waals surface area contributed by atoms with E-state index in [9.17, 15) is 14.7 Å². The van der Waals surface area contributed by atoms with E-state index >= 15 is 0 Å². The second-order valence-corrected chi connectivity index (χ2v) is 6.93. The third-order valence-electron chi connectivity index (χ3n) is 5.22. The van der Waals surface area contributed by atoms with E-state index in [-0.39, 0.29) is 5.91 Å². The van der Waals surface area contributed by atoms with Crippen molar-refractivity contribution < 1.29 is 14.7 Å². The molecule has 0 spiro atoms. The van der Waals surface area contributed by atoms with E-state index in [1.165, 1.54) is 5.56 Å². The lowest BCUT2D eigenvalue weighted by molar-refractivity contribution is -0.151. The van der Waals surface area contributed by atoms with Gasteiger partial charge in [-0.05, 0) is 18.4 Å². The highest BCUT2D eigenvalue weighted by Gasteiger charge is 2.37. The van der Waals surface area contributed by atoms with E-state index in [4.69, 9.17) is 0 Å². The van der Waals surface area contributed by atoms with Crippen molar-refractivity contribution in [1.82, 2.24) is 9.80 Å². The van der Waals surface area contributed by atoms with Crippen LogP contribution in [0.15, 0.2) is 48.6 Å². The van der Waals surface area contributed by atoms with Crippen LogP contribution in [-0.2, 0) is 9.59 Å². The molecule has 1 aromatic rings. The molecule has 1 heterocycles. The van der Waals surface area contributed by atoms with Crippen LogP contribution < -0.4 is 0 Å². The average molecular weight is 354 g/mol. The summed E-state index contributed by atoms with van der Waals surface area (Å²) in [6.45, 7) is 3.85. The molecule has 2 unspecified atom stereocenters. The van der Waals surface area contributed by atoms with Crippen molar-refractivity contribution in [3.63, 3.8) is 0 Å². The van der Waals surface area contributed by atoms with Gasteiger partial charge in [-0.3, -0.25) is 14.5 Å². The third kappa shape index (κ3) is 4.61. The van der Waals surface area contributed by atoms with Crippen LogP contribution in [0.3, 0.4) is 0 Å². The monoisotopic (exact) mass is 354 g/mol. The summed E-state index contributed by atoms with van der Waals surface area (Å²) in [4.78, 5) is 28.4. The number of carboxylic acids is 1. The minimum Gasteiger partial charge on any atom is -0.481 e. The highest BCUT2D eigenvalue weighted by molar-refractivity contribution is 5.85. The van der Waals surface area contributed by atoms with Crippen molar-refractivity contribution in [3.05, 3.63) is 54.1 Å². The summed E-state index contributed by atoms with van der Waals surface area (Å²) >= 11 is 0. The Morgan fingerprint density at radius 2 is 1.65 bits per heavy atom. The third-order valence-corrected chi connectivity index (χ3v) is 5.22. The number of hydrogen-bond donors (Lipinski definition) is 1. The highest BCUT2D eigenvalue weighted by Crippen LogP contribution is 2.28. The van der Waals surface area contributed by atoms with Gasteiger partial charge < -0.3 is 10.0 Å². The zero-order valence-corrected chi connectivity index (χ0v) is 15.0. The number of piperazine rings is 1. The normalized spacial score (nSPS) is 24.1. The lowest BCUT2D eigenvalue weighted by Gasteiger charge is -2.37. The van der Waals surface area contributed by atoms with Gasteiger partial charge in [0, 0.05) is 32.7 Å². The van der Waals surface area contributed by atoms with Crippen LogP contribution >= 0.6 is 0 Å². The van der Waals surface area contributed by atoms with Crippen molar-refractivity contribution >= 4 is 18.0 Å². The Balaban J connectivity index is 1.48. The molecule has 1 aliphatic heterocycles. The minimum atomic E-state index is -0.864. The molecule has 1 saturated heterocycles. The number of hydrogen-bond acceptors (Lipinski definition) is 3. The van der Waals surface area contributed by atoms with E-state index in [0.29, 0.717) is 25.9 Å². The summed E-state index contributed by atoms with van der Waals surface area (Å²) in [5, 5.41) is 9.37. The van der Waals surface area contributed by atoms with Gasteiger partial charge in [0.05, 0.1) is 11.8 Å². The molecule has 2 aliphatic rings. The van der Waals surface area contributed by atoms with E-state index in [2.05, 4.69) is 29.2 Å². The number of amides is 1. The van der Waals surface area contributed by atoms with E-state index in [1.54, 1.807) is 0 Å². The second-order valence-electron chi connectivity index (χ2n) is 6.93. The van der Waals surface area contributed by atoms with Crippen LogP contribution in [0, 0.1) is 11.8 Å². The maximum absolute atomic E-state index is 12.8. The molecule has 1 aromatic carbocycles. The van der Waals surface area contributed by atoms with E-state index in [0.717, 1.165) is 19.6 Å². The molecule has 0 bridgehead atoms. The molecule has 1 fully saturated rings. The van der Waals surface area contributed by atoms with Crippen LogP contribution in [0.5, 0.6) is 0 Å². The van der Waals surface area contributed by atoms with Gasteiger partial charge in [-0.2, -0.15) is 0 Å². The van der Waals surface area contributed by atoms with E-state index in [1.807, 2.05) is 35.3 Å². The molecule has 0 radical (unpaired) electrons. The van der Waals surface area contributed by atoms with Crippen molar-refractivity contribution in [2.45, 2.75) is 12.8 Å². The maximum atomic E-state index is 12.8. The molecule has 1 aliphatic carbocycles. The summed E-state index contributed by atoms with van der Waals surface area (Å²) in [6, 6.07) is 10.2. The van der Waals surface area contributed by atoms with Crippen LogP contribution in [0.2, 0.25) is 0 Å². The second kappa shape index (κ2) is 8.81. The first kappa shape index (κ1) is 18.4. The summed E-state index contributed by atoms with van der Waals surface area (Å²) < 4.78 is 0. The van der Waals surface area contributed by atoms with Crippen molar-refractivity contribution in [3.8, 4) is 0 Å². The topological polar surface area (TPSA) is 60.9 Å². The van der Waals surface area contributed by atoms with Gasteiger partial charge in [0.2, 0.25) is 5.91 Å². The lowest BCUT2D eigenvalue weighted by Crippen LogP contribution is -2.51. The van der Waals surface area contributed by atoms with E-state index < -0.39 is 17.8 Å². The largest absolute Gasteiger partial charge is 0.481 e. The molecule has 5 nitrogen and oxygen atoms in total. The van der Waals surface area contributed by atoms with Crippen LogP contribution in [0.25, 0.3) is 6.08 Å². The molecular weight excluding hydrogens is 328 g/mol. The van der Waals surface area contributed by atoms with Gasteiger partial charge in [-0.15, -0.1) is 0 Å². The van der Waals surface area contributed by atoms with Crippen molar-refractivity contribution in [2.75, 3.05) is 32.7 Å². The molecule has 138 valence electrons. The Labute approximate surface area is 154 Å². The van der Waals surface area contributed by atoms with Gasteiger partial charge in [-0.1, -0.05) is 54.6 Å². The number of aliphatic carboxylic acids is 1. The molecule has 5 heteroatoms. The zero-order valence-electron chi connectivity index (χ0n) is 15.0. The Morgan fingerprint density at radius 3 is 2.31 bits per heavy atom. The Bertz CT molecular complexity index is 676. The van der Waals surface area contributed by atoms with Gasteiger partial charge in [0.25, 0.3) is 0 Å². The molecule has 1 N–H and O–H groups in total. The fourth-order valence-electron chi connectivity index (χ4n) is 3.65. The number of benzene rings is 1. The minimum absolute atomic E-state index is 0.00114. The van der Waals surface area contributed by atoms with Crippen molar-refractivity contribution in [2.24, 2.45) is 11.8 Å². The average Bonchev–Trinajstić information content (AvgIpc) is 2.69. The molecule has 0 aromatic heterocycles. The first-order valence-electron chi connectivity index (χ1n) is 9.25. The molecule has 2 atom stereocenters. The first-order valence-corrected chi connectivity index (χ1v) is 9.25. The summed E-state index contributed by atoms with van der Waals surface area (Å²) in [5.74, 6) is -1.86. The summed E-state index contributed by atoms with van der Waals surface area (Å²) in [5.41, 5.74) is 1.19. The highest BCUT2D eigenvalue weighted by atomic mass is 16.4. The smallest absolute Gasteiger partial charge is 0.307 e. The predicted octanol–water partition coefficient (Wildman–Crippen LogP) is 2.51. The van der Waals surface area contributed by atoms with Gasteiger partial charge >= 0.3 is 5.97 Å². The maximum Gasteiger partial charge on any atom is 0.307 e. The SMILES string of the molecule is O=C(O)C1CC=CCC1C(=O)N1CCN(C/C=C/c2ccccc2)CC1. The standard InChI is InChI=1S/C21H26N2O3/c24-20(18-10-4-5-11-19(18)21(25)26)23-15-13-22(14-16-23)12-6-9-17-7-2-1-3-8-17/h1-9,18-19H,10-16H2,(H,25,26)/b9-6+. The molecule has 3 rings (SSSR count). The quantitative estimate of drug-likeness (QED) is 0.826. The first-order chi connectivity index (χ1) is 12.6. The van der Waals surface area contributed by atoms with Crippen LogP contribution in [0.4, 0.5) is 0 Å². The number of carbonyl (C=O) groups excluding carboxylic acids is 1. The fraction of sp³-hybridized carbons (Fsp3) is 0.429. The number of allylic oxidation sites excluding steroid dienone is 2. The Morgan fingerprint density at radius 1 is 1.00 bits per heavy atom. The Hall–Kier alpha value is -2.40. The van der Waals surface area contributed by atoms with Gasteiger partial charge in [0.1, 0.15) is 0 Å². The lowest BCUT2D eigenvalue weighted by atomic mass is 9.82. The number of rotatable bonds is 5. The summed E-state index contributed by atoms with van der Waals surface area (Å²) in [7, 11) is 0. The number of carbonyl (C=O) groups is 2. The molecule has 0 saturated carbocycles. The van der Waals surface area contributed by atoms with Crippen LogP contribution in [-0.4, -0.2) is 59.5 Å². The molecule has 26 heavy (non-hydrogen) atoms. The van der Waals surface area contributed by atoms with Gasteiger partial charge in [0.15, 0.2) is 0 Å². The molecular formula is C21H26N2O3. The number of carboxylic acid groups (broad SMARTS) is 1. The molecule has 1 amide bonds. The zero-order chi connectivity index (χ0) is 18.4. The Kier molecular flexibility index (Phi) is 6.23. The predicted molar refractivity (Wildman–Crippen MR) is 101 cm³/mol. The van der Waals surface area contributed by atoms with Gasteiger partial charge in [-0.25, -0.2) is 0 Å². The number of nitrogens with zero attached hydrogens (tertiary/aromatic N) is 2. The van der Waals surface area contributed by atoms with Crippen molar-refractivity contribution in [1.29, 1.82) is 0 Å². The fourth-order valence-corrected chi connectivity index (χ4v) is 3.65. The van der Waals surface area contributed by atoms with Crippen LogP contribution in [0.1, 0.15) is 18.4 Å².